The van der Waals surface area contributed by atoms with Crippen molar-refractivity contribution in [1.82, 2.24) is 15.2 Å². The molecule has 3 heterocycles. The van der Waals surface area contributed by atoms with Gasteiger partial charge >= 0.3 is 0 Å². The van der Waals surface area contributed by atoms with E-state index in [2.05, 4.69) is 21.3 Å². The standard InChI is InChI=1S/C17H18N4O/c18-8-14-15(22)7-12-9-19-4-1-13(12)16(14)21-5-2-17(3-6-21)10-20-11-17/h1,4,9,20H,2-3,5-7,10-11H2. The largest absolute Gasteiger partial charge is 0.370 e. The number of hydrogen-bond acceptors (Lipinski definition) is 5. The number of nitrogens with zero attached hydrogens (tertiary/aromatic N) is 3. The van der Waals surface area contributed by atoms with Gasteiger partial charge in [0, 0.05) is 50.6 Å². The fourth-order valence-electron chi connectivity index (χ4n) is 3.81. The molecule has 2 fully saturated rings. The number of rotatable bonds is 1. The van der Waals surface area contributed by atoms with Crippen LogP contribution in [-0.4, -0.2) is 41.8 Å². The van der Waals surface area contributed by atoms with Crippen LogP contribution >= 0.6 is 0 Å². The number of ketones is 1. The Labute approximate surface area is 129 Å². The maximum absolute atomic E-state index is 12.3. The summed E-state index contributed by atoms with van der Waals surface area (Å²) in [6.07, 6.45) is 6.03. The smallest absolute Gasteiger partial charge is 0.179 e. The maximum Gasteiger partial charge on any atom is 0.179 e. The number of carbonyl (C=O) groups is 1. The van der Waals surface area contributed by atoms with Crippen LogP contribution in [0.2, 0.25) is 0 Å². The minimum Gasteiger partial charge on any atom is -0.370 e. The molecule has 0 bridgehead atoms. The van der Waals surface area contributed by atoms with Crippen LogP contribution in [0.1, 0.15) is 24.0 Å². The average Bonchev–Trinajstić information content (AvgIpc) is 2.52. The van der Waals surface area contributed by atoms with Crippen LogP contribution < -0.4 is 5.32 Å². The number of Topliss-reactive ketones (excluding diaryl/α,β-unsaturated/α-hetero) is 1. The number of allylic oxidation sites excluding steroid dienone is 1. The van der Waals surface area contributed by atoms with Gasteiger partial charge < -0.3 is 10.2 Å². The second-order valence-corrected chi connectivity index (χ2v) is 6.56. The molecule has 3 aliphatic rings. The molecule has 1 aromatic heterocycles. The molecule has 5 heteroatoms. The Morgan fingerprint density at radius 1 is 1.32 bits per heavy atom. The van der Waals surface area contributed by atoms with Crippen molar-refractivity contribution in [2.75, 3.05) is 26.2 Å². The molecule has 0 saturated carbocycles. The molecule has 22 heavy (non-hydrogen) atoms. The summed E-state index contributed by atoms with van der Waals surface area (Å²) in [6, 6.07) is 4.08. The predicted octanol–water partition coefficient (Wildman–Crippen LogP) is 1.13. The van der Waals surface area contributed by atoms with E-state index in [9.17, 15) is 10.1 Å². The van der Waals surface area contributed by atoms with Gasteiger partial charge in [0.05, 0.1) is 5.70 Å². The van der Waals surface area contributed by atoms with Crippen LogP contribution in [0.5, 0.6) is 0 Å². The van der Waals surface area contributed by atoms with Gasteiger partial charge in [-0.25, -0.2) is 0 Å². The molecule has 1 N–H and O–H groups in total. The first-order valence-electron chi connectivity index (χ1n) is 7.79. The maximum atomic E-state index is 12.3. The Hall–Kier alpha value is -2.19. The van der Waals surface area contributed by atoms with E-state index in [4.69, 9.17) is 0 Å². The fourth-order valence-corrected chi connectivity index (χ4v) is 3.81. The van der Waals surface area contributed by atoms with Crippen molar-refractivity contribution in [3.63, 3.8) is 0 Å². The summed E-state index contributed by atoms with van der Waals surface area (Å²) in [5.74, 6) is -0.0800. The number of likely N-dealkylation sites (tertiary alicyclic amines) is 1. The Kier molecular flexibility index (Phi) is 3.02. The molecule has 112 valence electrons. The fraction of sp³-hybridized carbons (Fsp3) is 0.471. The van der Waals surface area contributed by atoms with E-state index in [0.29, 0.717) is 11.0 Å². The van der Waals surface area contributed by atoms with Crippen LogP contribution in [0, 0.1) is 16.7 Å². The van der Waals surface area contributed by atoms with Crippen LogP contribution in [-0.2, 0) is 11.2 Å². The van der Waals surface area contributed by atoms with Crippen LogP contribution in [0.4, 0.5) is 0 Å². The second-order valence-electron chi connectivity index (χ2n) is 6.56. The van der Waals surface area contributed by atoms with Crippen molar-refractivity contribution in [2.24, 2.45) is 5.41 Å². The molecule has 1 spiro atoms. The van der Waals surface area contributed by atoms with Crippen molar-refractivity contribution in [2.45, 2.75) is 19.3 Å². The van der Waals surface area contributed by atoms with E-state index in [1.807, 2.05) is 6.07 Å². The number of pyridine rings is 1. The molecule has 2 aliphatic heterocycles. The van der Waals surface area contributed by atoms with E-state index in [-0.39, 0.29) is 12.2 Å². The van der Waals surface area contributed by atoms with Gasteiger partial charge in [-0.3, -0.25) is 9.78 Å². The molecular weight excluding hydrogens is 276 g/mol. The van der Waals surface area contributed by atoms with Gasteiger partial charge in [0.25, 0.3) is 0 Å². The first-order chi connectivity index (χ1) is 10.7. The zero-order valence-electron chi connectivity index (χ0n) is 12.4. The normalized spacial score (nSPS) is 23.0. The first-order valence-corrected chi connectivity index (χ1v) is 7.79. The monoisotopic (exact) mass is 294 g/mol. The Balaban J connectivity index is 1.71. The Bertz CT molecular complexity index is 702. The van der Waals surface area contributed by atoms with Crippen molar-refractivity contribution in [3.05, 3.63) is 35.2 Å². The number of nitrogens with one attached hydrogen (secondary N) is 1. The molecule has 2 saturated heterocycles. The van der Waals surface area contributed by atoms with Crippen molar-refractivity contribution in [3.8, 4) is 6.07 Å². The zero-order chi connectivity index (χ0) is 15.2. The van der Waals surface area contributed by atoms with E-state index < -0.39 is 0 Å². The number of aromatic nitrogens is 1. The number of piperidine rings is 1. The summed E-state index contributed by atoms with van der Waals surface area (Å²) in [4.78, 5) is 18.6. The highest BCUT2D eigenvalue weighted by Gasteiger charge is 2.41. The lowest BCUT2D eigenvalue weighted by atomic mass is 9.73. The number of fused-ring (bicyclic) bond motifs is 1. The Morgan fingerprint density at radius 2 is 2.09 bits per heavy atom. The third-order valence-electron chi connectivity index (χ3n) is 5.28. The summed E-state index contributed by atoms with van der Waals surface area (Å²) in [7, 11) is 0. The van der Waals surface area contributed by atoms with Gasteiger partial charge in [-0.2, -0.15) is 5.26 Å². The summed E-state index contributed by atoms with van der Waals surface area (Å²) >= 11 is 0. The topological polar surface area (TPSA) is 69.0 Å². The number of nitriles is 1. The van der Waals surface area contributed by atoms with Crippen LogP contribution in [0.3, 0.4) is 0 Å². The van der Waals surface area contributed by atoms with Crippen molar-refractivity contribution in [1.29, 1.82) is 5.26 Å². The summed E-state index contributed by atoms with van der Waals surface area (Å²) in [5.41, 5.74) is 3.55. The van der Waals surface area contributed by atoms with Crippen LogP contribution in [0.25, 0.3) is 5.70 Å². The minimum atomic E-state index is -0.0800. The van der Waals surface area contributed by atoms with E-state index in [1.54, 1.807) is 12.4 Å². The molecule has 4 rings (SSSR count). The van der Waals surface area contributed by atoms with Gasteiger partial charge in [0.1, 0.15) is 11.6 Å². The predicted molar refractivity (Wildman–Crippen MR) is 81.6 cm³/mol. The zero-order valence-corrected chi connectivity index (χ0v) is 12.4. The average molecular weight is 294 g/mol. The lowest BCUT2D eigenvalue weighted by Crippen LogP contribution is -2.58. The minimum absolute atomic E-state index is 0.0800. The lowest BCUT2D eigenvalue weighted by Gasteiger charge is -2.49. The van der Waals surface area contributed by atoms with Gasteiger partial charge in [0.15, 0.2) is 5.78 Å². The number of hydrogen-bond donors (Lipinski definition) is 1. The van der Waals surface area contributed by atoms with E-state index in [0.717, 1.165) is 55.8 Å². The second kappa shape index (κ2) is 4.92. The van der Waals surface area contributed by atoms with E-state index >= 15 is 0 Å². The summed E-state index contributed by atoms with van der Waals surface area (Å²) in [6.45, 7) is 4.03. The van der Waals surface area contributed by atoms with Crippen molar-refractivity contribution < 1.29 is 4.79 Å². The molecule has 0 unspecified atom stereocenters. The molecule has 5 nitrogen and oxygen atoms in total. The third kappa shape index (κ3) is 1.95. The molecule has 0 amide bonds. The molecule has 0 aromatic carbocycles. The molecule has 1 aromatic rings. The molecule has 0 radical (unpaired) electrons. The molecule has 1 aliphatic carbocycles. The van der Waals surface area contributed by atoms with Gasteiger partial charge in [0.2, 0.25) is 0 Å². The summed E-state index contributed by atoms with van der Waals surface area (Å²) in [5, 5.41) is 12.8. The highest BCUT2D eigenvalue weighted by atomic mass is 16.1. The van der Waals surface area contributed by atoms with Gasteiger partial charge in [-0.1, -0.05) is 0 Å². The Morgan fingerprint density at radius 3 is 2.73 bits per heavy atom. The highest BCUT2D eigenvalue weighted by Crippen LogP contribution is 2.39. The molecular formula is C17H18N4O. The molecule has 0 atom stereocenters. The van der Waals surface area contributed by atoms with E-state index in [1.165, 1.54) is 0 Å². The van der Waals surface area contributed by atoms with Crippen molar-refractivity contribution >= 4 is 11.5 Å². The lowest BCUT2D eigenvalue weighted by molar-refractivity contribution is -0.114. The SMILES string of the molecule is N#CC1=C(N2CCC3(CC2)CNC3)c2ccncc2CC1=O. The number of carbonyl (C=O) groups excluding carboxylic acids is 1. The highest BCUT2D eigenvalue weighted by molar-refractivity contribution is 6.09. The van der Waals surface area contributed by atoms with Gasteiger partial charge in [-0.15, -0.1) is 0 Å². The first kappa shape index (κ1) is 13.5. The van der Waals surface area contributed by atoms with Crippen LogP contribution in [0.15, 0.2) is 24.0 Å². The quantitative estimate of drug-likeness (QED) is 0.841. The summed E-state index contributed by atoms with van der Waals surface area (Å²) < 4.78 is 0. The van der Waals surface area contributed by atoms with Gasteiger partial charge in [-0.05, 0) is 29.9 Å². The third-order valence-corrected chi connectivity index (χ3v) is 5.28.